The minimum absolute atomic E-state index is 0.712. The molecule has 0 saturated heterocycles. The van der Waals surface area contributed by atoms with Crippen LogP contribution in [-0.2, 0) is 20.0 Å². The number of fused-ring (bicyclic) bond motifs is 1. The molecule has 1 aromatic carbocycles. The maximum atomic E-state index is 10.8. The Morgan fingerprint density at radius 3 is 2.80 bits per heavy atom. The maximum absolute atomic E-state index is 10.8. The lowest BCUT2D eigenvalue weighted by molar-refractivity contribution is 0.112. The molecule has 2 aromatic heterocycles. The molecule has 0 spiro atoms. The van der Waals surface area contributed by atoms with Gasteiger partial charge in [-0.2, -0.15) is 5.10 Å². The van der Waals surface area contributed by atoms with Crippen molar-refractivity contribution in [3.8, 4) is 0 Å². The second kappa shape index (κ2) is 4.96. The van der Waals surface area contributed by atoms with E-state index < -0.39 is 0 Å². The lowest BCUT2D eigenvalue weighted by Gasteiger charge is -2.06. The fourth-order valence-corrected chi connectivity index (χ4v) is 2.50. The van der Waals surface area contributed by atoms with Crippen LogP contribution >= 0.6 is 0 Å². The molecule has 4 nitrogen and oxygen atoms in total. The van der Waals surface area contributed by atoms with Crippen LogP contribution in [0.15, 0.2) is 36.5 Å². The van der Waals surface area contributed by atoms with E-state index in [-0.39, 0.29) is 0 Å². The van der Waals surface area contributed by atoms with Crippen LogP contribution in [0.4, 0.5) is 0 Å². The number of aromatic nitrogens is 3. The first-order valence-electron chi connectivity index (χ1n) is 6.77. The van der Waals surface area contributed by atoms with E-state index in [1.165, 1.54) is 5.69 Å². The molecule has 0 aliphatic heterocycles. The normalized spacial score (nSPS) is 11.1. The van der Waals surface area contributed by atoms with Crippen molar-refractivity contribution in [2.75, 3.05) is 0 Å². The fourth-order valence-electron chi connectivity index (χ4n) is 2.50. The molecule has 0 aliphatic rings. The highest BCUT2D eigenvalue weighted by Crippen LogP contribution is 2.18. The third-order valence-corrected chi connectivity index (χ3v) is 3.65. The monoisotopic (exact) mass is 267 g/mol. The highest BCUT2D eigenvalue weighted by molar-refractivity contribution is 5.87. The summed E-state index contributed by atoms with van der Waals surface area (Å²) in [4.78, 5) is 10.8. The number of hydrogen-bond acceptors (Lipinski definition) is 2. The van der Waals surface area contributed by atoms with Gasteiger partial charge in [0.1, 0.15) is 6.29 Å². The number of carbonyl (C=O) groups is 1. The van der Waals surface area contributed by atoms with E-state index in [1.807, 2.05) is 36.0 Å². The molecule has 0 fully saturated rings. The van der Waals surface area contributed by atoms with Crippen molar-refractivity contribution < 1.29 is 4.79 Å². The Balaban J connectivity index is 1.98. The zero-order valence-electron chi connectivity index (χ0n) is 11.7. The van der Waals surface area contributed by atoms with Crippen molar-refractivity contribution in [3.05, 3.63) is 53.5 Å². The van der Waals surface area contributed by atoms with Gasteiger partial charge in [0.05, 0.1) is 17.9 Å². The third kappa shape index (κ3) is 2.13. The summed E-state index contributed by atoms with van der Waals surface area (Å²) in [5.74, 6) is 0. The number of carbonyl (C=O) groups excluding carboxylic acids is 1. The first-order chi connectivity index (χ1) is 9.71. The Bertz CT molecular complexity index is 767. The Kier molecular flexibility index (Phi) is 3.14. The van der Waals surface area contributed by atoms with Gasteiger partial charge in [-0.05, 0) is 36.8 Å². The Morgan fingerprint density at radius 2 is 2.10 bits per heavy atom. The number of aryl methyl sites for hydroxylation is 2. The van der Waals surface area contributed by atoms with Gasteiger partial charge in [-0.3, -0.25) is 9.48 Å². The fraction of sp³-hybridized carbons (Fsp3) is 0.250. The van der Waals surface area contributed by atoms with Gasteiger partial charge in [-0.25, -0.2) is 0 Å². The zero-order chi connectivity index (χ0) is 14.1. The van der Waals surface area contributed by atoms with Gasteiger partial charge in [0.25, 0.3) is 0 Å². The molecule has 102 valence electrons. The summed E-state index contributed by atoms with van der Waals surface area (Å²) in [5.41, 5.74) is 4.14. The van der Waals surface area contributed by atoms with Crippen molar-refractivity contribution in [1.29, 1.82) is 0 Å². The van der Waals surface area contributed by atoms with Gasteiger partial charge in [0.15, 0.2) is 0 Å². The minimum atomic E-state index is 0.712. The van der Waals surface area contributed by atoms with Gasteiger partial charge in [-0.15, -0.1) is 0 Å². The first kappa shape index (κ1) is 12.7. The molecule has 0 bridgehead atoms. The molecule has 0 aliphatic carbocycles. The van der Waals surface area contributed by atoms with Gasteiger partial charge >= 0.3 is 0 Å². The van der Waals surface area contributed by atoms with E-state index >= 15 is 0 Å². The number of rotatable bonds is 4. The van der Waals surface area contributed by atoms with E-state index in [4.69, 9.17) is 0 Å². The van der Waals surface area contributed by atoms with E-state index in [9.17, 15) is 4.79 Å². The summed E-state index contributed by atoms with van der Waals surface area (Å²) in [6, 6.07) is 9.95. The maximum Gasteiger partial charge on any atom is 0.150 e. The Hall–Kier alpha value is -2.36. The van der Waals surface area contributed by atoms with E-state index in [0.717, 1.165) is 35.8 Å². The Labute approximate surface area is 117 Å². The third-order valence-electron chi connectivity index (χ3n) is 3.65. The standard InChI is InChI=1S/C16H17N3O/c1-3-14-9-15(18(2)17-14)10-19-7-6-13-8-12(11-20)4-5-16(13)19/h4-9,11H,3,10H2,1-2H3. The summed E-state index contributed by atoms with van der Waals surface area (Å²) < 4.78 is 4.12. The highest BCUT2D eigenvalue weighted by Gasteiger charge is 2.07. The van der Waals surface area contributed by atoms with E-state index in [1.54, 1.807) is 0 Å². The molecule has 0 unspecified atom stereocenters. The topological polar surface area (TPSA) is 39.8 Å². The molecule has 2 heterocycles. The van der Waals surface area contributed by atoms with Gasteiger partial charge in [0, 0.05) is 29.7 Å². The smallest absolute Gasteiger partial charge is 0.150 e. The average molecular weight is 267 g/mol. The molecule has 20 heavy (non-hydrogen) atoms. The van der Waals surface area contributed by atoms with Crippen molar-refractivity contribution in [2.45, 2.75) is 19.9 Å². The predicted molar refractivity (Wildman–Crippen MR) is 79.0 cm³/mol. The van der Waals surface area contributed by atoms with Crippen LogP contribution in [0.25, 0.3) is 10.9 Å². The largest absolute Gasteiger partial charge is 0.341 e. The summed E-state index contributed by atoms with van der Waals surface area (Å²) in [6.07, 6.45) is 3.88. The SMILES string of the molecule is CCc1cc(Cn2ccc3cc(C=O)ccc32)n(C)n1. The van der Waals surface area contributed by atoms with Crippen LogP contribution in [0.5, 0.6) is 0 Å². The molecule has 0 amide bonds. The highest BCUT2D eigenvalue weighted by atomic mass is 16.1. The average Bonchev–Trinajstić information content (AvgIpc) is 3.03. The summed E-state index contributed by atoms with van der Waals surface area (Å²) in [7, 11) is 1.98. The number of hydrogen-bond donors (Lipinski definition) is 0. The molecular weight excluding hydrogens is 250 g/mol. The van der Waals surface area contributed by atoms with E-state index in [0.29, 0.717) is 5.56 Å². The molecule has 0 saturated carbocycles. The summed E-state index contributed by atoms with van der Waals surface area (Å²) in [6.45, 7) is 2.89. The molecule has 0 N–H and O–H groups in total. The molecule has 0 atom stereocenters. The summed E-state index contributed by atoms with van der Waals surface area (Å²) in [5, 5.41) is 5.56. The van der Waals surface area contributed by atoms with Gasteiger partial charge in [-0.1, -0.05) is 6.92 Å². The minimum Gasteiger partial charge on any atom is -0.341 e. The van der Waals surface area contributed by atoms with Crippen LogP contribution in [0.3, 0.4) is 0 Å². The molecule has 3 aromatic rings. The predicted octanol–water partition coefficient (Wildman–Crippen LogP) is 2.80. The molecule has 3 rings (SSSR count). The quantitative estimate of drug-likeness (QED) is 0.682. The Morgan fingerprint density at radius 1 is 1.25 bits per heavy atom. The summed E-state index contributed by atoms with van der Waals surface area (Å²) >= 11 is 0. The van der Waals surface area contributed by atoms with Crippen LogP contribution < -0.4 is 0 Å². The lowest BCUT2D eigenvalue weighted by atomic mass is 10.2. The molecule has 0 radical (unpaired) electrons. The van der Waals surface area contributed by atoms with Gasteiger partial charge in [0.2, 0.25) is 0 Å². The van der Waals surface area contributed by atoms with Crippen LogP contribution in [0, 0.1) is 0 Å². The van der Waals surface area contributed by atoms with Crippen molar-refractivity contribution >= 4 is 17.2 Å². The number of aldehydes is 1. The van der Waals surface area contributed by atoms with Crippen molar-refractivity contribution in [2.24, 2.45) is 7.05 Å². The van der Waals surface area contributed by atoms with Crippen LogP contribution in [0.2, 0.25) is 0 Å². The molecule has 4 heteroatoms. The number of nitrogens with zero attached hydrogens (tertiary/aromatic N) is 3. The molecular formula is C16H17N3O. The van der Waals surface area contributed by atoms with Crippen LogP contribution in [0.1, 0.15) is 28.7 Å². The lowest BCUT2D eigenvalue weighted by Crippen LogP contribution is -2.04. The van der Waals surface area contributed by atoms with Crippen LogP contribution in [-0.4, -0.2) is 20.6 Å². The van der Waals surface area contributed by atoms with E-state index in [2.05, 4.69) is 28.9 Å². The second-order valence-electron chi connectivity index (χ2n) is 4.98. The van der Waals surface area contributed by atoms with Crippen molar-refractivity contribution in [1.82, 2.24) is 14.3 Å². The zero-order valence-corrected chi connectivity index (χ0v) is 11.7. The first-order valence-corrected chi connectivity index (χ1v) is 6.77. The van der Waals surface area contributed by atoms with Crippen molar-refractivity contribution in [3.63, 3.8) is 0 Å². The van der Waals surface area contributed by atoms with Gasteiger partial charge < -0.3 is 4.57 Å². The second-order valence-corrected chi connectivity index (χ2v) is 4.98. The number of benzene rings is 1.